The van der Waals surface area contributed by atoms with Gasteiger partial charge in [-0.15, -0.1) is 0 Å². The first-order valence-corrected chi connectivity index (χ1v) is 10.1. The van der Waals surface area contributed by atoms with Crippen LogP contribution in [0.4, 0.5) is 0 Å². The summed E-state index contributed by atoms with van der Waals surface area (Å²) in [4.78, 5) is 32.3. The number of rotatable bonds is 14. The van der Waals surface area contributed by atoms with Crippen LogP contribution < -0.4 is 0 Å². The molecule has 0 aromatic carbocycles. The third-order valence-corrected chi connectivity index (χ3v) is 4.41. The van der Waals surface area contributed by atoms with E-state index in [0.717, 1.165) is 56.3 Å². The van der Waals surface area contributed by atoms with Gasteiger partial charge in [0, 0.05) is 17.7 Å². The highest BCUT2D eigenvalue weighted by molar-refractivity contribution is 5.90. The minimum Gasteiger partial charge on any atom is -0.478 e. The molecule has 30 heavy (non-hydrogen) atoms. The van der Waals surface area contributed by atoms with Gasteiger partial charge in [-0.1, -0.05) is 34.9 Å². The molecule has 0 saturated heterocycles. The zero-order chi connectivity index (χ0) is 22.9. The van der Waals surface area contributed by atoms with Crippen molar-refractivity contribution < 1.29 is 29.3 Å². The summed E-state index contributed by atoms with van der Waals surface area (Å²) in [5, 5.41) is 17.3. The van der Waals surface area contributed by atoms with Gasteiger partial charge in [-0.05, 0) is 72.3 Å². The van der Waals surface area contributed by atoms with E-state index < -0.39 is 17.9 Å². The van der Waals surface area contributed by atoms with E-state index in [9.17, 15) is 14.4 Å². The van der Waals surface area contributed by atoms with E-state index in [-0.39, 0.29) is 6.61 Å². The summed E-state index contributed by atoms with van der Waals surface area (Å²) in [6.07, 6.45) is 15.0. The number of carbonyl (C=O) groups is 3. The molecule has 2 N–H and O–H groups in total. The summed E-state index contributed by atoms with van der Waals surface area (Å²) in [5.74, 6) is -2.72. The van der Waals surface area contributed by atoms with Crippen LogP contribution in [0.25, 0.3) is 0 Å². The van der Waals surface area contributed by atoms with Gasteiger partial charge in [0.15, 0.2) is 0 Å². The molecule has 0 aliphatic carbocycles. The van der Waals surface area contributed by atoms with Crippen molar-refractivity contribution in [1.29, 1.82) is 0 Å². The molecule has 166 valence electrons. The quantitative estimate of drug-likeness (QED) is 0.223. The summed E-state index contributed by atoms with van der Waals surface area (Å²) < 4.78 is 4.90. The van der Waals surface area contributed by atoms with Gasteiger partial charge < -0.3 is 14.9 Å². The van der Waals surface area contributed by atoms with E-state index in [4.69, 9.17) is 14.9 Å². The summed E-state index contributed by atoms with van der Waals surface area (Å²) in [6.45, 7) is 7.89. The van der Waals surface area contributed by atoms with Crippen molar-refractivity contribution in [2.75, 3.05) is 6.61 Å². The van der Waals surface area contributed by atoms with Gasteiger partial charge in [0.1, 0.15) is 6.61 Å². The fourth-order valence-electron chi connectivity index (χ4n) is 2.46. The number of esters is 1. The Labute approximate surface area is 179 Å². The Bertz CT molecular complexity index is 735. The van der Waals surface area contributed by atoms with Crippen LogP contribution in [0.2, 0.25) is 0 Å². The average Bonchev–Trinajstić information content (AvgIpc) is 2.66. The van der Waals surface area contributed by atoms with E-state index in [1.165, 1.54) is 11.1 Å². The third-order valence-electron chi connectivity index (χ3n) is 4.41. The van der Waals surface area contributed by atoms with Crippen molar-refractivity contribution in [3.05, 3.63) is 58.7 Å². The minimum atomic E-state index is -1.19. The second kappa shape index (κ2) is 16.0. The van der Waals surface area contributed by atoms with Crippen molar-refractivity contribution >= 4 is 17.9 Å². The predicted molar refractivity (Wildman–Crippen MR) is 118 cm³/mol. The van der Waals surface area contributed by atoms with E-state index >= 15 is 0 Å². The molecule has 0 atom stereocenters. The zero-order valence-corrected chi connectivity index (χ0v) is 18.4. The number of carboxylic acid groups (broad SMARTS) is 2. The lowest BCUT2D eigenvalue weighted by Crippen LogP contribution is -2.02. The number of hydrogen-bond donors (Lipinski definition) is 2. The van der Waals surface area contributed by atoms with Crippen LogP contribution in [0.1, 0.15) is 66.2 Å². The first-order chi connectivity index (χ1) is 14.1. The first kappa shape index (κ1) is 27.1. The molecule has 6 nitrogen and oxygen atoms in total. The fourth-order valence-corrected chi connectivity index (χ4v) is 2.46. The number of allylic oxidation sites excluding steroid dienone is 6. The van der Waals surface area contributed by atoms with Crippen LogP contribution >= 0.6 is 0 Å². The minimum absolute atomic E-state index is 0.128. The normalized spacial score (nSPS) is 13.6. The number of carboxylic acids is 2. The second-order valence-corrected chi connectivity index (χ2v) is 7.26. The van der Waals surface area contributed by atoms with Gasteiger partial charge in [0.05, 0.1) is 0 Å². The standard InChI is InChI=1S/C24H34O6/c1-18(8-5-9-19(2)12-7-13-21(4)24(28)29)10-6-11-20(3)16-17-30-23(27)15-14-22(25)26/h9-10,13-16H,5-8,11-12,17H2,1-4H3,(H,25,26)(H,28,29)/b15-14+,18-10+,19-9+,20-16+,21-13+. The highest BCUT2D eigenvalue weighted by Gasteiger charge is 1.99. The lowest BCUT2D eigenvalue weighted by Gasteiger charge is -2.03. The monoisotopic (exact) mass is 418 g/mol. The van der Waals surface area contributed by atoms with E-state index in [1.807, 2.05) is 13.0 Å². The topological polar surface area (TPSA) is 101 Å². The van der Waals surface area contributed by atoms with Gasteiger partial charge in [-0.2, -0.15) is 0 Å². The van der Waals surface area contributed by atoms with Gasteiger partial charge in [0.2, 0.25) is 0 Å². The summed E-state index contributed by atoms with van der Waals surface area (Å²) in [6, 6.07) is 0. The SMILES string of the molecule is C/C(=C\CC/C(C)=C/COC(=O)/C=C/C(=O)O)CC/C=C(\C)CC/C=C(\C)C(=O)O. The van der Waals surface area contributed by atoms with E-state index in [1.54, 1.807) is 13.0 Å². The van der Waals surface area contributed by atoms with E-state index in [0.29, 0.717) is 5.57 Å². The number of aliphatic carboxylic acids is 2. The Morgan fingerprint density at radius 1 is 0.700 bits per heavy atom. The lowest BCUT2D eigenvalue weighted by molar-refractivity contribution is -0.137. The Balaban J connectivity index is 4.14. The largest absolute Gasteiger partial charge is 0.478 e. The third kappa shape index (κ3) is 16.1. The number of carbonyl (C=O) groups excluding carboxylic acids is 1. The van der Waals surface area contributed by atoms with Crippen LogP contribution in [-0.2, 0) is 19.1 Å². The maximum atomic E-state index is 11.3. The van der Waals surface area contributed by atoms with Crippen molar-refractivity contribution in [2.24, 2.45) is 0 Å². The van der Waals surface area contributed by atoms with E-state index in [2.05, 4.69) is 26.0 Å². The van der Waals surface area contributed by atoms with Crippen molar-refractivity contribution in [1.82, 2.24) is 0 Å². The van der Waals surface area contributed by atoms with Gasteiger partial charge >= 0.3 is 17.9 Å². The molecule has 0 unspecified atom stereocenters. The Morgan fingerprint density at radius 2 is 1.17 bits per heavy atom. The zero-order valence-electron chi connectivity index (χ0n) is 18.4. The Kier molecular flexibility index (Phi) is 14.4. The molecular formula is C24H34O6. The molecule has 0 aromatic heterocycles. The van der Waals surface area contributed by atoms with Gasteiger partial charge in [-0.25, -0.2) is 14.4 Å². The molecule has 0 aliphatic rings. The van der Waals surface area contributed by atoms with Crippen molar-refractivity contribution in [3.8, 4) is 0 Å². The molecule has 0 rings (SSSR count). The molecule has 0 aromatic rings. The molecule has 6 heteroatoms. The average molecular weight is 419 g/mol. The molecule has 0 saturated carbocycles. The van der Waals surface area contributed by atoms with Crippen LogP contribution in [0.3, 0.4) is 0 Å². The number of ether oxygens (including phenoxy) is 1. The summed E-state index contributed by atoms with van der Waals surface area (Å²) in [5.41, 5.74) is 4.08. The Morgan fingerprint density at radius 3 is 1.63 bits per heavy atom. The molecule has 0 aliphatic heterocycles. The molecule has 0 amide bonds. The highest BCUT2D eigenvalue weighted by Crippen LogP contribution is 2.13. The fraction of sp³-hybridized carbons (Fsp3) is 0.458. The maximum Gasteiger partial charge on any atom is 0.331 e. The highest BCUT2D eigenvalue weighted by atomic mass is 16.5. The lowest BCUT2D eigenvalue weighted by atomic mass is 10.0. The van der Waals surface area contributed by atoms with Crippen LogP contribution in [-0.4, -0.2) is 34.7 Å². The smallest absolute Gasteiger partial charge is 0.331 e. The van der Waals surface area contributed by atoms with Crippen LogP contribution in [0.15, 0.2) is 58.7 Å². The van der Waals surface area contributed by atoms with Gasteiger partial charge in [0.25, 0.3) is 0 Å². The van der Waals surface area contributed by atoms with Gasteiger partial charge in [-0.3, -0.25) is 0 Å². The van der Waals surface area contributed by atoms with Crippen LogP contribution in [0.5, 0.6) is 0 Å². The molecule has 0 heterocycles. The number of hydrogen-bond acceptors (Lipinski definition) is 4. The predicted octanol–water partition coefficient (Wildman–Crippen LogP) is 5.38. The van der Waals surface area contributed by atoms with Crippen molar-refractivity contribution in [2.45, 2.75) is 66.2 Å². The molecule has 0 spiro atoms. The van der Waals surface area contributed by atoms with Crippen LogP contribution in [0, 0.1) is 0 Å². The molecule has 0 bridgehead atoms. The summed E-state index contributed by atoms with van der Waals surface area (Å²) in [7, 11) is 0. The maximum absolute atomic E-state index is 11.3. The van der Waals surface area contributed by atoms with Crippen molar-refractivity contribution in [3.63, 3.8) is 0 Å². The molecule has 0 radical (unpaired) electrons. The molecular weight excluding hydrogens is 384 g/mol. The second-order valence-electron chi connectivity index (χ2n) is 7.26. The summed E-state index contributed by atoms with van der Waals surface area (Å²) >= 11 is 0. The molecule has 0 fully saturated rings. The Hall–Kier alpha value is -2.89. The first-order valence-electron chi connectivity index (χ1n) is 10.1.